The third kappa shape index (κ3) is 3.17. The monoisotopic (exact) mass is 287 g/mol. The van der Waals surface area contributed by atoms with Gasteiger partial charge in [0.25, 0.3) is 5.91 Å². The Morgan fingerprint density at radius 2 is 2.10 bits per heavy atom. The van der Waals surface area contributed by atoms with Crippen LogP contribution in [0.5, 0.6) is 0 Å². The summed E-state index contributed by atoms with van der Waals surface area (Å²) >= 11 is 1.61. The van der Waals surface area contributed by atoms with Gasteiger partial charge in [-0.25, -0.2) is 9.97 Å². The van der Waals surface area contributed by atoms with Crippen LogP contribution >= 0.6 is 11.8 Å². The van der Waals surface area contributed by atoms with Crippen LogP contribution < -0.4 is 4.90 Å². The van der Waals surface area contributed by atoms with Crippen molar-refractivity contribution in [3.05, 3.63) is 47.9 Å². The van der Waals surface area contributed by atoms with E-state index in [9.17, 15) is 4.79 Å². The van der Waals surface area contributed by atoms with Crippen molar-refractivity contribution in [3.8, 4) is 0 Å². The van der Waals surface area contributed by atoms with Crippen LogP contribution in [-0.2, 0) is 0 Å². The molecule has 0 aromatic carbocycles. The molecule has 0 unspecified atom stereocenters. The number of carbonyl (C=O) groups excluding carboxylic acids is 1. The molecule has 2 aromatic heterocycles. The Labute approximate surface area is 123 Å². The van der Waals surface area contributed by atoms with Crippen molar-refractivity contribution in [1.29, 1.82) is 0 Å². The van der Waals surface area contributed by atoms with E-state index in [1.165, 1.54) is 4.90 Å². The lowest BCUT2D eigenvalue weighted by molar-refractivity contribution is 0.0984. The number of thioether (sulfide) groups is 1. The number of aryl methyl sites for hydroxylation is 1. The molecular formula is C15H17N3OS. The molecule has 4 nitrogen and oxygen atoms in total. The standard InChI is InChI=1S/C15H17N3OS/c1-4-20-12-6-5-9-16-14(12)15(19)18(3)13-8-7-11(2)10-17-13/h5-10H,4H2,1-3H3. The fraction of sp³-hybridized carbons (Fsp3) is 0.267. The summed E-state index contributed by atoms with van der Waals surface area (Å²) in [6.45, 7) is 4.02. The van der Waals surface area contributed by atoms with Gasteiger partial charge in [0.2, 0.25) is 0 Å². The molecule has 1 amide bonds. The molecule has 2 aromatic rings. The van der Waals surface area contributed by atoms with Gasteiger partial charge in [-0.1, -0.05) is 13.0 Å². The molecule has 0 spiro atoms. The van der Waals surface area contributed by atoms with Crippen molar-refractivity contribution in [2.24, 2.45) is 0 Å². The molecule has 0 N–H and O–H groups in total. The van der Waals surface area contributed by atoms with Crippen LogP contribution in [0.3, 0.4) is 0 Å². The van der Waals surface area contributed by atoms with E-state index in [0.29, 0.717) is 11.5 Å². The van der Waals surface area contributed by atoms with Crippen molar-refractivity contribution in [3.63, 3.8) is 0 Å². The maximum Gasteiger partial charge on any atom is 0.278 e. The number of hydrogen-bond donors (Lipinski definition) is 0. The third-order valence-corrected chi connectivity index (χ3v) is 3.75. The second-order valence-electron chi connectivity index (χ2n) is 4.34. The minimum Gasteiger partial charge on any atom is -0.294 e. The highest BCUT2D eigenvalue weighted by Crippen LogP contribution is 2.22. The first-order valence-corrected chi connectivity index (χ1v) is 7.40. The number of aromatic nitrogens is 2. The van der Waals surface area contributed by atoms with Crippen LogP contribution in [0.25, 0.3) is 0 Å². The molecule has 0 saturated carbocycles. The first-order valence-electron chi connectivity index (χ1n) is 6.42. The second-order valence-corrected chi connectivity index (χ2v) is 5.65. The quantitative estimate of drug-likeness (QED) is 0.810. The first kappa shape index (κ1) is 14.5. The summed E-state index contributed by atoms with van der Waals surface area (Å²) in [5.74, 6) is 1.38. The van der Waals surface area contributed by atoms with Crippen LogP contribution in [-0.4, -0.2) is 28.7 Å². The van der Waals surface area contributed by atoms with Crippen molar-refractivity contribution in [2.75, 3.05) is 17.7 Å². The lowest BCUT2D eigenvalue weighted by Crippen LogP contribution is -2.28. The van der Waals surface area contributed by atoms with Crippen molar-refractivity contribution >= 4 is 23.5 Å². The summed E-state index contributed by atoms with van der Waals surface area (Å²) in [5.41, 5.74) is 1.54. The van der Waals surface area contributed by atoms with Gasteiger partial charge in [-0.3, -0.25) is 9.69 Å². The van der Waals surface area contributed by atoms with E-state index in [-0.39, 0.29) is 5.91 Å². The number of amides is 1. The molecule has 2 heterocycles. The van der Waals surface area contributed by atoms with Gasteiger partial charge < -0.3 is 0 Å². The molecule has 0 fully saturated rings. The van der Waals surface area contributed by atoms with E-state index >= 15 is 0 Å². The average Bonchev–Trinajstić information content (AvgIpc) is 2.47. The number of pyridine rings is 2. The lowest BCUT2D eigenvalue weighted by atomic mass is 10.3. The molecule has 5 heteroatoms. The predicted octanol–water partition coefficient (Wildman–Crippen LogP) is 3.17. The van der Waals surface area contributed by atoms with Crippen LogP contribution in [0.2, 0.25) is 0 Å². The van der Waals surface area contributed by atoms with Gasteiger partial charge in [-0.15, -0.1) is 11.8 Å². The fourth-order valence-electron chi connectivity index (χ4n) is 1.74. The van der Waals surface area contributed by atoms with E-state index < -0.39 is 0 Å². The molecule has 0 aliphatic heterocycles. The molecule has 0 radical (unpaired) electrons. The minimum absolute atomic E-state index is 0.141. The SMILES string of the molecule is CCSc1cccnc1C(=O)N(C)c1ccc(C)cn1. The van der Waals surface area contributed by atoms with Gasteiger partial charge in [0.1, 0.15) is 11.5 Å². The van der Waals surface area contributed by atoms with Gasteiger partial charge in [0, 0.05) is 24.3 Å². The largest absolute Gasteiger partial charge is 0.294 e. The molecule has 0 aliphatic rings. The molecule has 0 saturated heterocycles. The van der Waals surface area contributed by atoms with E-state index in [0.717, 1.165) is 16.2 Å². The highest BCUT2D eigenvalue weighted by molar-refractivity contribution is 7.99. The van der Waals surface area contributed by atoms with Gasteiger partial charge in [0.15, 0.2) is 0 Å². The van der Waals surface area contributed by atoms with E-state index in [1.54, 1.807) is 31.2 Å². The number of rotatable bonds is 4. The summed E-state index contributed by atoms with van der Waals surface area (Å²) in [6.07, 6.45) is 3.39. The zero-order valence-electron chi connectivity index (χ0n) is 11.8. The highest BCUT2D eigenvalue weighted by atomic mass is 32.2. The fourth-order valence-corrected chi connectivity index (χ4v) is 2.51. The molecule has 104 valence electrons. The normalized spacial score (nSPS) is 10.3. The zero-order valence-corrected chi connectivity index (χ0v) is 12.6. The van der Waals surface area contributed by atoms with E-state index in [4.69, 9.17) is 0 Å². The molecule has 0 atom stereocenters. The summed E-state index contributed by atoms with van der Waals surface area (Å²) in [7, 11) is 1.72. The number of anilines is 1. The van der Waals surface area contributed by atoms with Crippen LogP contribution in [0.4, 0.5) is 5.82 Å². The van der Waals surface area contributed by atoms with Gasteiger partial charge in [-0.05, 0) is 36.4 Å². The molecule has 20 heavy (non-hydrogen) atoms. The maximum atomic E-state index is 12.5. The van der Waals surface area contributed by atoms with Crippen LogP contribution in [0, 0.1) is 6.92 Å². The van der Waals surface area contributed by atoms with E-state index in [1.807, 2.05) is 31.2 Å². The van der Waals surface area contributed by atoms with Crippen molar-refractivity contribution in [2.45, 2.75) is 18.7 Å². The lowest BCUT2D eigenvalue weighted by Gasteiger charge is -2.17. The Morgan fingerprint density at radius 1 is 1.30 bits per heavy atom. The number of nitrogens with zero attached hydrogens (tertiary/aromatic N) is 3. The van der Waals surface area contributed by atoms with Gasteiger partial charge in [-0.2, -0.15) is 0 Å². The summed E-state index contributed by atoms with van der Waals surface area (Å²) < 4.78 is 0. The first-order chi connectivity index (χ1) is 9.63. The van der Waals surface area contributed by atoms with Crippen LogP contribution in [0.15, 0.2) is 41.6 Å². The van der Waals surface area contributed by atoms with Crippen molar-refractivity contribution < 1.29 is 4.79 Å². The average molecular weight is 287 g/mol. The molecule has 0 bridgehead atoms. The zero-order chi connectivity index (χ0) is 14.5. The topological polar surface area (TPSA) is 46.1 Å². The summed E-state index contributed by atoms with van der Waals surface area (Å²) in [6, 6.07) is 7.54. The minimum atomic E-state index is -0.141. The predicted molar refractivity (Wildman–Crippen MR) is 82.3 cm³/mol. The summed E-state index contributed by atoms with van der Waals surface area (Å²) in [4.78, 5) is 23.5. The Hall–Kier alpha value is -1.88. The van der Waals surface area contributed by atoms with E-state index in [2.05, 4.69) is 16.9 Å². The second kappa shape index (κ2) is 6.52. The maximum absolute atomic E-state index is 12.5. The Bertz CT molecular complexity index is 598. The van der Waals surface area contributed by atoms with Gasteiger partial charge in [0.05, 0.1) is 0 Å². The smallest absolute Gasteiger partial charge is 0.278 e. The number of carbonyl (C=O) groups is 1. The van der Waals surface area contributed by atoms with Gasteiger partial charge >= 0.3 is 0 Å². The Kier molecular flexibility index (Phi) is 4.74. The molecular weight excluding hydrogens is 270 g/mol. The number of hydrogen-bond acceptors (Lipinski definition) is 4. The summed E-state index contributed by atoms with van der Waals surface area (Å²) in [5, 5.41) is 0. The van der Waals surface area contributed by atoms with Crippen molar-refractivity contribution in [1.82, 2.24) is 9.97 Å². The Balaban J connectivity index is 2.29. The molecule has 2 rings (SSSR count). The molecule has 0 aliphatic carbocycles. The highest BCUT2D eigenvalue weighted by Gasteiger charge is 2.19. The Morgan fingerprint density at radius 3 is 2.75 bits per heavy atom. The van der Waals surface area contributed by atoms with Crippen LogP contribution in [0.1, 0.15) is 23.0 Å². The third-order valence-electron chi connectivity index (χ3n) is 2.82.